The fraction of sp³-hybridized carbons (Fsp3) is 0.385. The zero-order valence-corrected chi connectivity index (χ0v) is 13.1. The molecule has 1 aliphatic rings. The van der Waals surface area contributed by atoms with E-state index in [4.69, 9.17) is 11.6 Å². The molecular weight excluding hydrogens is 314 g/mol. The third-order valence-corrected chi connectivity index (χ3v) is 5.42. The standard InChI is InChI=1S/C13H14ClN3OS2/c14-11-2-1-10(20-11)13-17-9(7-19-13)3-12(18)16-6-8-4-15-5-8/h1-2,7-8,15H,3-6H2,(H,16,18). The van der Waals surface area contributed by atoms with Crippen molar-refractivity contribution in [2.45, 2.75) is 6.42 Å². The Hall–Kier alpha value is -0.950. The van der Waals surface area contributed by atoms with Gasteiger partial charge in [-0.15, -0.1) is 22.7 Å². The van der Waals surface area contributed by atoms with Crippen LogP contribution in [0.3, 0.4) is 0 Å². The highest BCUT2D eigenvalue weighted by molar-refractivity contribution is 7.23. The van der Waals surface area contributed by atoms with Crippen molar-refractivity contribution in [2.75, 3.05) is 19.6 Å². The highest BCUT2D eigenvalue weighted by atomic mass is 35.5. The summed E-state index contributed by atoms with van der Waals surface area (Å²) >= 11 is 8.97. The SMILES string of the molecule is O=C(Cc1csc(-c2ccc(Cl)s2)n1)NCC1CNC1. The molecule has 0 radical (unpaired) electrons. The lowest BCUT2D eigenvalue weighted by Crippen LogP contribution is -2.48. The van der Waals surface area contributed by atoms with Crippen molar-refractivity contribution in [1.82, 2.24) is 15.6 Å². The average molecular weight is 328 g/mol. The van der Waals surface area contributed by atoms with E-state index < -0.39 is 0 Å². The maximum absolute atomic E-state index is 11.8. The molecule has 4 nitrogen and oxygen atoms in total. The van der Waals surface area contributed by atoms with Gasteiger partial charge in [0.2, 0.25) is 5.91 Å². The summed E-state index contributed by atoms with van der Waals surface area (Å²) in [5.41, 5.74) is 0.818. The monoisotopic (exact) mass is 327 g/mol. The molecule has 0 spiro atoms. The summed E-state index contributed by atoms with van der Waals surface area (Å²) in [6.07, 6.45) is 0.343. The highest BCUT2D eigenvalue weighted by Crippen LogP contribution is 2.32. The molecule has 1 aliphatic heterocycles. The predicted octanol–water partition coefficient (Wildman–Crippen LogP) is 2.40. The number of hydrogen-bond donors (Lipinski definition) is 2. The van der Waals surface area contributed by atoms with Gasteiger partial charge in [0.05, 0.1) is 21.3 Å². The summed E-state index contributed by atoms with van der Waals surface area (Å²) in [7, 11) is 0. The van der Waals surface area contributed by atoms with Crippen LogP contribution in [-0.4, -0.2) is 30.5 Å². The van der Waals surface area contributed by atoms with E-state index in [2.05, 4.69) is 15.6 Å². The quantitative estimate of drug-likeness (QED) is 0.886. The minimum absolute atomic E-state index is 0.0398. The number of thiophene rings is 1. The van der Waals surface area contributed by atoms with Crippen LogP contribution in [0.1, 0.15) is 5.69 Å². The van der Waals surface area contributed by atoms with Crippen LogP contribution in [0, 0.1) is 5.92 Å². The van der Waals surface area contributed by atoms with Crippen molar-refractivity contribution < 1.29 is 4.79 Å². The van der Waals surface area contributed by atoms with E-state index in [1.807, 2.05) is 17.5 Å². The maximum atomic E-state index is 11.8. The molecule has 2 aromatic rings. The molecule has 0 saturated carbocycles. The molecule has 1 fully saturated rings. The van der Waals surface area contributed by atoms with Crippen LogP contribution in [0.15, 0.2) is 17.5 Å². The first-order chi connectivity index (χ1) is 9.70. The molecule has 0 atom stereocenters. The summed E-state index contributed by atoms with van der Waals surface area (Å²) in [5.74, 6) is 0.621. The van der Waals surface area contributed by atoms with Crippen molar-refractivity contribution >= 4 is 40.2 Å². The second-order valence-electron chi connectivity index (χ2n) is 4.75. The number of carbonyl (C=O) groups is 1. The largest absolute Gasteiger partial charge is 0.355 e. The molecular formula is C13H14ClN3OS2. The number of nitrogens with one attached hydrogen (secondary N) is 2. The molecule has 2 N–H and O–H groups in total. The van der Waals surface area contributed by atoms with Gasteiger partial charge >= 0.3 is 0 Å². The summed E-state index contributed by atoms with van der Waals surface area (Å²) < 4.78 is 0.753. The Bertz CT molecular complexity index is 606. The van der Waals surface area contributed by atoms with Crippen molar-refractivity contribution in [3.05, 3.63) is 27.5 Å². The lowest BCUT2D eigenvalue weighted by Gasteiger charge is -2.26. The van der Waals surface area contributed by atoms with E-state index in [-0.39, 0.29) is 5.91 Å². The molecule has 3 rings (SSSR count). The van der Waals surface area contributed by atoms with Crippen LogP contribution in [-0.2, 0) is 11.2 Å². The molecule has 1 amide bonds. The number of halogens is 1. The van der Waals surface area contributed by atoms with Crippen molar-refractivity contribution in [3.8, 4) is 9.88 Å². The van der Waals surface area contributed by atoms with Gasteiger partial charge in [-0.3, -0.25) is 4.79 Å². The fourth-order valence-corrected chi connectivity index (χ4v) is 3.84. The van der Waals surface area contributed by atoms with E-state index in [0.29, 0.717) is 12.3 Å². The molecule has 20 heavy (non-hydrogen) atoms. The van der Waals surface area contributed by atoms with Gasteiger partial charge in [-0.05, 0) is 12.1 Å². The topological polar surface area (TPSA) is 54.0 Å². The Morgan fingerprint density at radius 2 is 2.35 bits per heavy atom. The summed E-state index contributed by atoms with van der Waals surface area (Å²) in [4.78, 5) is 17.4. The van der Waals surface area contributed by atoms with Crippen LogP contribution in [0.5, 0.6) is 0 Å². The van der Waals surface area contributed by atoms with Crippen LogP contribution < -0.4 is 10.6 Å². The molecule has 0 aliphatic carbocycles. The van der Waals surface area contributed by atoms with Gasteiger partial charge in [-0.1, -0.05) is 11.6 Å². The predicted molar refractivity (Wildman–Crippen MR) is 83.5 cm³/mol. The molecule has 3 heterocycles. The first-order valence-electron chi connectivity index (χ1n) is 6.38. The minimum atomic E-state index is 0.0398. The first-order valence-corrected chi connectivity index (χ1v) is 8.45. The highest BCUT2D eigenvalue weighted by Gasteiger charge is 2.17. The first kappa shape index (κ1) is 14.0. The van der Waals surface area contributed by atoms with E-state index in [1.165, 1.54) is 11.3 Å². The number of amides is 1. The smallest absolute Gasteiger partial charge is 0.226 e. The number of nitrogens with zero attached hydrogens (tertiary/aromatic N) is 1. The number of hydrogen-bond acceptors (Lipinski definition) is 5. The van der Waals surface area contributed by atoms with E-state index in [0.717, 1.165) is 39.5 Å². The van der Waals surface area contributed by atoms with Gasteiger partial charge < -0.3 is 10.6 Å². The van der Waals surface area contributed by atoms with E-state index in [1.54, 1.807) is 11.3 Å². The number of aromatic nitrogens is 1. The second kappa shape index (κ2) is 6.22. The Labute approximate surface area is 130 Å². The Morgan fingerprint density at radius 3 is 3.00 bits per heavy atom. The Kier molecular flexibility index (Phi) is 4.35. The van der Waals surface area contributed by atoms with Gasteiger partial charge in [0, 0.05) is 30.9 Å². The van der Waals surface area contributed by atoms with Crippen molar-refractivity contribution in [1.29, 1.82) is 0 Å². The molecule has 0 aromatic carbocycles. The lowest BCUT2D eigenvalue weighted by atomic mass is 10.0. The van der Waals surface area contributed by atoms with Crippen molar-refractivity contribution in [2.24, 2.45) is 5.92 Å². The van der Waals surface area contributed by atoms with E-state index in [9.17, 15) is 4.79 Å². The molecule has 106 valence electrons. The normalized spacial score (nSPS) is 15.1. The molecule has 1 saturated heterocycles. The lowest BCUT2D eigenvalue weighted by molar-refractivity contribution is -0.120. The average Bonchev–Trinajstić information content (AvgIpc) is 2.96. The summed E-state index contributed by atoms with van der Waals surface area (Å²) in [5, 5.41) is 9.00. The summed E-state index contributed by atoms with van der Waals surface area (Å²) in [6.45, 7) is 2.75. The van der Waals surface area contributed by atoms with Gasteiger partial charge in [-0.2, -0.15) is 0 Å². The fourth-order valence-electron chi connectivity index (χ4n) is 1.91. The maximum Gasteiger partial charge on any atom is 0.226 e. The minimum Gasteiger partial charge on any atom is -0.355 e. The van der Waals surface area contributed by atoms with Crippen molar-refractivity contribution in [3.63, 3.8) is 0 Å². The third-order valence-electron chi connectivity index (χ3n) is 3.13. The Balaban J connectivity index is 1.55. The molecule has 0 unspecified atom stereocenters. The van der Waals surface area contributed by atoms with Crippen LogP contribution >= 0.6 is 34.3 Å². The van der Waals surface area contributed by atoms with Gasteiger partial charge in [0.15, 0.2) is 0 Å². The third kappa shape index (κ3) is 3.38. The molecule has 7 heteroatoms. The van der Waals surface area contributed by atoms with Crippen LogP contribution in [0.25, 0.3) is 9.88 Å². The second-order valence-corrected chi connectivity index (χ2v) is 7.33. The number of carbonyl (C=O) groups excluding carboxylic acids is 1. The zero-order chi connectivity index (χ0) is 13.9. The van der Waals surface area contributed by atoms with Crippen LogP contribution in [0.4, 0.5) is 0 Å². The van der Waals surface area contributed by atoms with Gasteiger partial charge in [0.1, 0.15) is 5.01 Å². The van der Waals surface area contributed by atoms with Gasteiger partial charge in [0.25, 0.3) is 0 Å². The summed E-state index contributed by atoms with van der Waals surface area (Å²) in [6, 6.07) is 3.82. The van der Waals surface area contributed by atoms with E-state index >= 15 is 0 Å². The molecule has 0 bridgehead atoms. The van der Waals surface area contributed by atoms with Crippen LogP contribution in [0.2, 0.25) is 4.34 Å². The molecule has 2 aromatic heterocycles. The van der Waals surface area contributed by atoms with Gasteiger partial charge in [-0.25, -0.2) is 4.98 Å². The number of thiazole rings is 1. The number of rotatable bonds is 5. The zero-order valence-electron chi connectivity index (χ0n) is 10.7. The Morgan fingerprint density at radius 1 is 1.50 bits per heavy atom.